The number of esters is 1. The largest absolute Gasteiger partial charge is 0.493 e. The number of primary sulfonamides is 1. The maximum atomic E-state index is 11.8. The molecular formula is C18H20N2O6S. The highest BCUT2D eigenvalue weighted by Gasteiger charge is 2.10. The van der Waals surface area contributed by atoms with Gasteiger partial charge in [-0.15, -0.1) is 0 Å². The Morgan fingerprint density at radius 3 is 2.44 bits per heavy atom. The molecule has 0 bridgehead atoms. The summed E-state index contributed by atoms with van der Waals surface area (Å²) >= 11 is 0. The summed E-state index contributed by atoms with van der Waals surface area (Å²) in [4.78, 5) is 23.3. The fraction of sp³-hybridized carbons (Fsp3) is 0.222. The van der Waals surface area contributed by atoms with E-state index in [0.717, 1.165) is 5.56 Å². The van der Waals surface area contributed by atoms with E-state index in [4.69, 9.17) is 14.6 Å². The van der Waals surface area contributed by atoms with Crippen LogP contribution in [0, 0.1) is 6.92 Å². The van der Waals surface area contributed by atoms with Gasteiger partial charge >= 0.3 is 5.97 Å². The third-order valence-electron chi connectivity index (χ3n) is 3.40. The first kappa shape index (κ1) is 20.4. The molecule has 0 heterocycles. The van der Waals surface area contributed by atoms with Gasteiger partial charge in [0.15, 0.2) is 6.61 Å². The van der Waals surface area contributed by atoms with E-state index >= 15 is 0 Å². The standard InChI is InChI=1S/C18H20N2O6S/c1-13-3-2-4-15(11-13)25-10-9-18(22)26-12-17(21)20-14-5-7-16(8-6-14)27(19,23)24/h2-8,11H,9-10,12H2,1H3,(H,20,21)(H2,19,23,24). The van der Waals surface area contributed by atoms with Crippen molar-refractivity contribution in [2.75, 3.05) is 18.5 Å². The molecule has 0 spiro atoms. The van der Waals surface area contributed by atoms with Crippen molar-refractivity contribution in [2.24, 2.45) is 5.14 Å². The third-order valence-corrected chi connectivity index (χ3v) is 4.32. The minimum Gasteiger partial charge on any atom is -0.493 e. The normalized spacial score (nSPS) is 10.9. The first-order valence-corrected chi connectivity index (χ1v) is 9.56. The zero-order valence-corrected chi connectivity index (χ0v) is 15.5. The molecule has 0 aliphatic heterocycles. The van der Waals surface area contributed by atoms with Gasteiger partial charge in [0.05, 0.1) is 17.9 Å². The number of hydrogen-bond acceptors (Lipinski definition) is 6. The molecule has 0 aliphatic rings. The number of ether oxygens (including phenoxy) is 2. The number of amides is 1. The van der Waals surface area contributed by atoms with E-state index in [9.17, 15) is 18.0 Å². The quantitative estimate of drug-likeness (QED) is 0.657. The molecule has 0 unspecified atom stereocenters. The Labute approximate surface area is 157 Å². The SMILES string of the molecule is Cc1cccc(OCCC(=O)OCC(=O)Nc2ccc(S(N)(=O)=O)cc2)c1. The van der Waals surface area contributed by atoms with Crippen LogP contribution >= 0.6 is 0 Å². The Morgan fingerprint density at radius 1 is 1.11 bits per heavy atom. The lowest BCUT2D eigenvalue weighted by Gasteiger charge is -2.08. The molecule has 2 aromatic rings. The Morgan fingerprint density at radius 2 is 1.81 bits per heavy atom. The van der Waals surface area contributed by atoms with Crippen LogP contribution < -0.4 is 15.2 Å². The number of sulfonamides is 1. The maximum absolute atomic E-state index is 11.8. The predicted molar refractivity (Wildman–Crippen MR) is 98.7 cm³/mol. The summed E-state index contributed by atoms with van der Waals surface area (Å²) in [5, 5.41) is 7.47. The van der Waals surface area contributed by atoms with Gasteiger partial charge in [-0.25, -0.2) is 13.6 Å². The number of carbonyl (C=O) groups is 2. The Hall–Kier alpha value is -2.91. The fourth-order valence-electron chi connectivity index (χ4n) is 2.10. The molecule has 1 amide bonds. The molecular weight excluding hydrogens is 372 g/mol. The van der Waals surface area contributed by atoms with Crippen LogP contribution in [0.2, 0.25) is 0 Å². The lowest BCUT2D eigenvalue weighted by molar-refractivity contribution is -0.147. The second-order valence-corrected chi connectivity index (χ2v) is 7.25. The Kier molecular flexibility index (Phi) is 6.91. The van der Waals surface area contributed by atoms with Crippen molar-refractivity contribution in [1.82, 2.24) is 0 Å². The fourth-order valence-corrected chi connectivity index (χ4v) is 2.62. The number of nitrogens with one attached hydrogen (secondary N) is 1. The molecule has 0 atom stereocenters. The molecule has 3 N–H and O–H groups in total. The van der Waals surface area contributed by atoms with Crippen LogP contribution in [0.3, 0.4) is 0 Å². The minimum absolute atomic E-state index is 0.00424. The molecule has 0 aliphatic carbocycles. The monoisotopic (exact) mass is 392 g/mol. The van der Waals surface area contributed by atoms with Gasteiger partial charge in [-0.1, -0.05) is 12.1 Å². The average Bonchev–Trinajstić information content (AvgIpc) is 2.60. The molecule has 0 radical (unpaired) electrons. The summed E-state index contributed by atoms with van der Waals surface area (Å²) in [6.45, 7) is 1.61. The molecule has 0 saturated heterocycles. The zero-order valence-electron chi connectivity index (χ0n) is 14.7. The summed E-state index contributed by atoms with van der Waals surface area (Å²) < 4.78 is 32.6. The van der Waals surface area contributed by atoms with E-state index in [0.29, 0.717) is 11.4 Å². The van der Waals surface area contributed by atoms with Gasteiger partial charge in [0.25, 0.3) is 5.91 Å². The number of rotatable bonds is 8. The van der Waals surface area contributed by atoms with Gasteiger partial charge in [-0.2, -0.15) is 0 Å². The summed E-state index contributed by atoms with van der Waals surface area (Å²) in [5.74, 6) is -0.461. The smallest absolute Gasteiger partial charge is 0.309 e. The van der Waals surface area contributed by atoms with Crippen molar-refractivity contribution in [3.63, 3.8) is 0 Å². The molecule has 0 aromatic heterocycles. The molecule has 2 aromatic carbocycles. The number of nitrogens with two attached hydrogens (primary N) is 1. The van der Waals surface area contributed by atoms with Gasteiger partial charge in [-0.05, 0) is 48.9 Å². The van der Waals surface area contributed by atoms with Crippen molar-refractivity contribution in [1.29, 1.82) is 0 Å². The number of carbonyl (C=O) groups excluding carboxylic acids is 2. The van der Waals surface area contributed by atoms with Gasteiger partial charge in [-0.3, -0.25) is 9.59 Å². The molecule has 2 rings (SSSR count). The van der Waals surface area contributed by atoms with E-state index in [1.165, 1.54) is 24.3 Å². The summed E-state index contributed by atoms with van der Waals surface area (Å²) in [6, 6.07) is 12.7. The number of anilines is 1. The van der Waals surface area contributed by atoms with Crippen LogP contribution in [0.4, 0.5) is 5.69 Å². The summed E-state index contributed by atoms with van der Waals surface area (Å²) in [5.41, 5.74) is 1.40. The number of hydrogen-bond donors (Lipinski definition) is 2. The van der Waals surface area contributed by atoms with Crippen LogP contribution in [0.25, 0.3) is 0 Å². The van der Waals surface area contributed by atoms with Crippen LogP contribution in [0.5, 0.6) is 5.75 Å². The van der Waals surface area contributed by atoms with Gasteiger partial charge in [0.1, 0.15) is 5.75 Å². The van der Waals surface area contributed by atoms with Crippen molar-refractivity contribution >= 4 is 27.6 Å². The van der Waals surface area contributed by atoms with Crippen molar-refractivity contribution < 1.29 is 27.5 Å². The third kappa shape index (κ3) is 7.08. The average molecular weight is 392 g/mol. The number of benzene rings is 2. The second-order valence-electron chi connectivity index (χ2n) is 5.69. The highest BCUT2D eigenvalue weighted by Crippen LogP contribution is 2.13. The van der Waals surface area contributed by atoms with Crippen LogP contribution in [0.1, 0.15) is 12.0 Å². The first-order valence-electron chi connectivity index (χ1n) is 8.02. The van der Waals surface area contributed by atoms with Gasteiger partial charge in [0.2, 0.25) is 10.0 Å². The minimum atomic E-state index is -3.79. The predicted octanol–water partition coefficient (Wildman–Crippen LogP) is 1.59. The van der Waals surface area contributed by atoms with E-state index < -0.39 is 28.5 Å². The molecule has 9 heteroatoms. The summed E-state index contributed by atoms with van der Waals surface area (Å²) in [6.07, 6.45) is 0.00424. The lowest BCUT2D eigenvalue weighted by atomic mass is 10.2. The molecule has 0 saturated carbocycles. The van der Waals surface area contributed by atoms with Crippen molar-refractivity contribution in [3.05, 3.63) is 54.1 Å². The van der Waals surface area contributed by atoms with Crippen LogP contribution in [-0.2, 0) is 24.3 Å². The highest BCUT2D eigenvalue weighted by molar-refractivity contribution is 7.89. The molecule has 0 fully saturated rings. The van der Waals surface area contributed by atoms with Crippen molar-refractivity contribution in [3.8, 4) is 5.75 Å². The molecule has 144 valence electrons. The zero-order chi connectivity index (χ0) is 19.9. The van der Waals surface area contributed by atoms with Crippen LogP contribution in [-0.4, -0.2) is 33.5 Å². The van der Waals surface area contributed by atoms with Gasteiger partial charge in [0, 0.05) is 5.69 Å². The first-order chi connectivity index (χ1) is 12.7. The maximum Gasteiger partial charge on any atom is 0.309 e. The second kappa shape index (κ2) is 9.15. The van der Waals surface area contributed by atoms with Crippen molar-refractivity contribution in [2.45, 2.75) is 18.2 Å². The highest BCUT2D eigenvalue weighted by atomic mass is 32.2. The topological polar surface area (TPSA) is 125 Å². The van der Waals surface area contributed by atoms with E-state index in [1.54, 1.807) is 6.07 Å². The van der Waals surface area contributed by atoms with Crippen LogP contribution in [0.15, 0.2) is 53.4 Å². The lowest BCUT2D eigenvalue weighted by Crippen LogP contribution is -2.21. The molecule has 27 heavy (non-hydrogen) atoms. The van der Waals surface area contributed by atoms with Gasteiger partial charge < -0.3 is 14.8 Å². The summed E-state index contributed by atoms with van der Waals surface area (Å²) in [7, 11) is -3.79. The number of aryl methyl sites for hydroxylation is 1. The van der Waals surface area contributed by atoms with E-state index in [-0.39, 0.29) is 17.9 Å². The Balaban J connectivity index is 1.71. The molecule has 8 nitrogen and oxygen atoms in total. The van der Waals surface area contributed by atoms with E-state index in [2.05, 4.69) is 5.32 Å². The Bertz CT molecular complexity index is 910. The van der Waals surface area contributed by atoms with E-state index in [1.807, 2.05) is 25.1 Å².